The molecule has 0 N–H and O–H groups in total. The van der Waals surface area contributed by atoms with E-state index in [4.69, 9.17) is 9.47 Å². The fourth-order valence-corrected chi connectivity index (χ4v) is 3.37. The van der Waals surface area contributed by atoms with Gasteiger partial charge in [-0.05, 0) is 60.2 Å². The minimum absolute atomic E-state index is 0.0896. The first-order valence-electron chi connectivity index (χ1n) is 10.7. The Morgan fingerprint density at radius 2 is 1.47 bits per heavy atom. The molecular formula is C27H30O3. The third-order valence-corrected chi connectivity index (χ3v) is 5.10. The average Bonchev–Trinajstić information content (AvgIpc) is 2.79. The lowest BCUT2D eigenvalue weighted by Crippen LogP contribution is -2.09. The molecule has 1 atom stereocenters. The highest BCUT2D eigenvalue weighted by atomic mass is 16.5. The lowest BCUT2D eigenvalue weighted by Gasteiger charge is -2.13. The number of carbonyl (C=O) groups is 1. The number of rotatable bonds is 9. The molecule has 0 aliphatic rings. The second kappa shape index (κ2) is 10.7. The van der Waals surface area contributed by atoms with Crippen LogP contribution in [0.15, 0.2) is 72.8 Å². The Kier molecular flexibility index (Phi) is 7.81. The Morgan fingerprint density at radius 3 is 2.10 bits per heavy atom. The first kappa shape index (κ1) is 21.8. The van der Waals surface area contributed by atoms with E-state index in [1.165, 1.54) is 0 Å². The average molecular weight is 403 g/mol. The molecule has 3 rings (SSSR count). The molecule has 0 fully saturated rings. The van der Waals surface area contributed by atoms with Crippen LogP contribution >= 0.6 is 0 Å². The van der Waals surface area contributed by atoms with Crippen LogP contribution in [0.3, 0.4) is 0 Å². The zero-order valence-corrected chi connectivity index (χ0v) is 18.1. The van der Waals surface area contributed by atoms with Crippen LogP contribution in [0.2, 0.25) is 0 Å². The van der Waals surface area contributed by atoms with Gasteiger partial charge in [0.2, 0.25) is 0 Å². The maximum atomic E-state index is 12.6. The minimum Gasteiger partial charge on any atom is -0.423 e. The maximum absolute atomic E-state index is 12.6. The number of hydrogen-bond acceptors (Lipinski definition) is 3. The molecule has 0 bridgehead atoms. The number of esters is 1. The van der Waals surface area contributed by atoms with Gasteiger partial charge in [0.25, 0.3) is 0 Å². The summed E-state index contributed by atoms with van der Waals surface area (Å²) in [6.45, 7) is 7.06. The second-order valence-electron chi connectivity index (χ2n) is 7.46. The Morgan fingerprint density at radius 1 is 0.833 bits per heavy atom. The fraction of sp³-hybridized carbons (Fsp3) is 0.296. The maximum Gasteiger partial charge on any atom is 0.343 e. The Hall–Kier alpha value is -2.91. The molecule has 0 saturated heterocycles. The van der Waals surface area contributed by atoms with Crippen LogP contribution in [0, 0.1) is 0 Å². The van der Waals surface area contributed by atoms with Crippen molar-refractivity contribution in [3.05, 3.63) is 89.5 Å². The van der Waals surface area contributed by atoms with Crippen LogP contribution in [-0.2, 0) is 11.2 Å². The summed E-state index contributed by atoms with van der Waals surface area (Å²) in [7, 11) is 0. The van der Waals surface area contributed by atoms with Gasteiger partial charge in [-0.1, -0.05) is 74.9 Å². The van der Waals surface area contributed by atoms with E-state index in [2.05, 4.69) is 45.0 Å². The number of carbonyl (C=O) groups excluding carboxylic acids is 1. The summed E-state index contributed by atoms with van der Waals surface area (Å²) in [5.74, 6) is 0.311. The monoisotopic (exact) mass is 402 g/mol. The molecule has 0 heterocycles. The number of benzene rings is 3. The van der Waals surface area contributed by atoms with Gasteiger partial charge in [0, 0.05) is 6.61 Å². The molecule has 3 aromatic rings. The van der Waals surface area contributed by atoms with Crippen molar-refractivity contribution in [3.8, 4) is 16.9 Å². The highest BCUT2D eigenvalue weighted by molar-refractivity contribution is 5.91. The first-order valence-corrected chi connectivity index (χ1v) is 10.7. The van der Waals surface area contributed by atoms with Crippen molar-refractivity contribution in [2.45, 2.75) is 46.1 Å². The molecule has 0 saturated carbocycles. The quantitative estimate of drug-likeness (QED) is 0.285. The molecule has 0 aliphatic heterocycles. The molecule has 3 heteroatoms. The molecule has 1 unspecified atom stereocenters. The van der Waals surface area contributed by atoms with Gasteiger partial charge in [0.15, 0.2) is 0 Å². The number of para-hydroxylation sites is 1. The molecule has 0 radical (unpaired) electrons. The zero-order valence-electron chi connectivity index (χ0n) is 18.1. The van der Waals surface area contributed by atoms with Crippen molar-refractivity contribution in [1.82, 2.24) is 0 Å². The van der Waals surface area contributed by atoms with E-state index in [-0.39, 0.29) is 12.1 Å². The summed E-state index contributed by atoms with van der Waals surface area (Å²) in [6.07, 6.45) is 3.00. The van der Waals surface area contributed by atoms with Gasteiger partial charge in [-0.3, -0.25) is 0 Å². The van der Waals surface area contributed by atoms with Gasteiger partial charge in [-0.25, -0.2) is 4.79 Å². The minimum atomic E-state index is -0.331. The summed E-state index contributed by atoms with van der Waals surface area (Å²) in [5, 5.41) is 0. The Labute approximate surface area is 179 Å². The van der Waals surface area contributed by atoms with Crippen molar-refractivity contribution in [3.63, 3.8) is 0 Å². The number of hydrogen-bond donors (Lipinski definition) is 0. The van der Waals surface area contributed by atoms with E-state index in [1.807, 2.05) is 48.5 Å². The normalized spacial score (nSPS) is 11.8. The molecular weight excluding hydrogens is 372 g/mol. The van der Waals surface area contributed by atoms with Gasteiger partial charge in [-0.15, -0.1) is 0 Å². The van der Waals surface area contributed by atoms with Crippen LogP contribution < -0.4 is 4.74 Å². The number of aryl methyl sites for hydroxylation is 1. The van der Waals surface area contributed by atoms with Crippen LogP contribution in [0.25, 0.3) is 11.1 Å². The molecule has 3 aromatic carbocycles. The highest BCUT2D eigenvalue weighted by Gasteiger charge is 2.12. The Bertz CT molecular complexity index is 943. The van der Waals surface area contributed by atoms with Crippen molar-refractivity contribution < 1.29 is 14.3 Å². The van der Waals surface area contributed by atoms with Crippen molar-refractivity contribution in [2.24, 2.45) is 0 Å². The lowest BCUT2D eigenvalue weighted by molar-refractivity contribution is 0.0662. The van der Waals surface area contributed by atoms with E-state index in [9.17, 15) is 4.79 Å². The van der Waals surface area contributed by atoms with Crippen molar-refractivity contribution >= 4 is 5.97 Å². The van der Waals surface area contributed by atoms with E-state index in [0.717, 1.165) is 48.1 Å². The molecule has 0 aliphatic carbocycles. The molecule has 30 heavy (non-hydrogen) atoms. The lowest BCUT2D eigenvalue weighted by atomic mass is 10.0. The summed E-state index contributed by atoms with van der Waals surface area (Å²) < 4.78 is 11.4. The van der Waals surface area contributed by atoms with Crippen molar-refractivity contribution in [2.75, 3.05) is 6.61 Å². The van der Waals surface area contributed by atoms with Gasteiger partial charge >= 0.3 is 5.97 Å². The SMILES string of the molecule is CCCOC(C)c1ccc(-c2ccc(C(=O)Oc3ccccc3CCC)cc2)cc1. The summed E-state index contributed by atoms with van der Waals surface area (Å²) in [5.41, 5.74) is 4.94. The number of ether oxygens (including phenoxy) is 2. The summed E-state index contributed by atoms with van der Waals surface area (Å²) >= 11 is 0. The van der Waals surface area contributed by atoms with Crippen LogP contribution in [-0.4, -0.2) is 12.6 Å². The van der Waals surface area contributed by atoms with Gasteiger partial charge in [0.05, 0.1) is 11.7 Å². The molecule has 3 nitrogen and oxygen atoms in total. The third kappa shape index (κ3) is 5.58. The van der Waals surface area contributed by atoms with E-state index < -0.39 is 0 Å². The molecule has 0 spiro atoms. The molecule has 0 amide bonds. The molecule has 0 aromatic heterocycles. The largest absolute Gasteiger partial charge is 0.423 e. The Balaban J connectivity index is 1.68. The third-order valence-electron chi connectivity index (χ3n) is 5.10. The smallest absolute Gasteiger partial charge is 0.343 e. The summed E-state index contributed by atoms with van der Waals surface area (Å²) in [6, 6.07) is 23.7. The van der Waals surface area contributed by atoms with Gasteiger partial charge in [0.1, 0.15) is 5.75 Å². The van der Waals surface area contributed by atoms with Crippen LogP contribution in [0.1, 0.15) is 61.2 Å². The van der Waals surface area contributed by atoms with E-state index in [0.29, 0.717) is 11.3 Å². The predicted molar refractivity (Wildman–Crippen MR) is 122 cm³/mol. The van der Waals surface area contributed by atoms with Gasteiger partial charge in [-0.2, -0.15) is 0 Å². The second-order valence-corrected chi connectivity index (χ2v) is 7.46. The first-order chi connectivity index (χ1) is 14.6. The van der Waals surface area contributed by atoms with Gasteiger partial charge < -0.3 is 9.47 Å². The molecule has 156 valence electrons. The van der Waals surface area contributed by atoms with E-state index in [1.54, 1.807) is 0 Å². The zero-order chi connectivity index (χ0) is 21.3. The van der Waals surface area contributed by atoms with Crippen molar-refractivity contribution in [1.29, 1.82) is 0 Å². The fourth-order valence-electron chi connectivity index (χ4n) is 3.37. The predicted octanol–water partition coefficient (Wildman–Crippen LogP) is 7.01. The highest BCUT2D eigenvalue weighted by Crippen LogP contribution is 2.25. The van der Waals surface area contributed by atoms with E-state index >= 15 is 0 Å². The van der Waals surface area contributed by atoms with Crippen LogP contribution in [0.4, 0.5) is 0 Å². The standard InChI is InChI=1S/C27H30O3/c1-4-8-24-9-6-7-10-26(24)30-27(28)25-17-15-23(16-18-25)22-13-11-21(12-14-22)20(3)29-19-5-2/h6-7,9-18,20H,4-5,8,19H2,1-3H3. The van der Waals surface area contributed by atoms with Crippen LogP contribution in [0.5, 0.6) is 5.75 Å². The topological polar surface area (TPSA) is 35.5 Å². The summed E-state index contributed by atoms with van der Waals surface area (Å²) in [4.78, 5) is 12.6.